The van der Waals surface area contributed by atoms with Crippen molar-refractivity contribution in [3.8, 4) is 0 Å². The smallest absolute Gasteiger partial charge is 0.0434 e. The minimum atomic E-state index is 0.152. The lowest BCUT2D eigenvalue weighted by Gasteiger charge is -2.21. The van der Waals surface area contributed by atoms with Crippen LogP contribution in [0.4, 0.5) is 0 Å². The Hall–Kier alpha value is -0.860. The zero-order valence-corrected chi connectivity index (χ0v) is 10.6. The Morgan fingerprint density at radius 2 is 1.75 bits per heavy atom. The van der Waals surface area contributed by atoms with Gasteiger partial charge in [0, 0.05) is 13.2 Å². The molecule has 0 radical (unpaired) electrons. The van der Waals surface area contributed by atoms with Crippen LogP contribution in [0, 0.1) is 0 Å². The summed E-state index contributed by atoms with van der Waals surface area (Å²) in [5, 5.41) is 8.86. The normalized spacial score (nSPS) is 11.8. The van der Waals surface area contributed by atoms with Crippen LogP contribution in [0.15, 0.2) is 18.2 Å². The summed E-state index contributed by atoms with van der Waals surface area (Å²) < 4.78 is 0. The highest BCUT2D eigenvalue weighted by molar-refractivity contribution is 5.34. The molecule has 0 fully saturated rings. The molecule has 0 unspecified atom stereocenters. The third-order valence-electron chi connectivity index (χ3n) is 2.78. The molecule has 1 aromatic carbocycles. The quantitative estimate of drug-likeness (QED) is 0.820. The molecule has 1 rings (SSSR count). The van der Waals surface area contributed by atoms with Gasteiger partial charge in [0.15, 0.2) is 0 Å². The van der Waals surface area contributed by atoms with Gasteiger partial charge < -0.3 is 10.8 Å². The molecule has 0 aliphatic carbocycles. The van der Waals surface area contributed by atoms with Gasteiger partial charge in [0.2, 0.25) is 0 Å². The maximum Gasteiger partial charge on any atom is 0.0434 e. The first kappa shape index (κ1) is 13.2. The van der Waals surface area contributed by atoms with Crippen molar-refractivity contribution in [3.05, 3.63) is 34.9 Å². The van der Waals surface area contributed by atoms with E-state index in [2.05, 4.69) is 39.0 Å². The molecule has 90 valence electrons. The molecular weight excluding hydrogens is 198 g/mol. The molecule has 0 atom stereocenters. The van der Waals surface area contributed by atoms with E-state index < -0.39 is 0 Å². The topological polar surface area (TPSA) is 46.2 Å². The van der Waals surface area contributed by atoms with E-state index in [-0.39, 0.29) is 12.0 Å². The molecule has 0 aromatic heterocycles. The fourth-order valence-corrected chi connectivity index (χ4v) is 1.74. The number of hydrogen-bond acceptors (Lipinski definition) is 2. The van der Waals surface area contributed by atoms with Gasteiger partial charge in [-0.25, -0.2) is 0 Å². The van der Waals surface area contributed by atoms with Gasteiger partial charge in [-0.2, -0.15) is 0 Å². The lowest BCUT2D eigenvalue weighted by atomic mass is 9.84. The second-order valence-electron chi connectivity index (χ2n) is 5.32. The summed E-state index contributed by atoms with van der Waals surface area (Å²) in [6.07, 6.45) is 1.74. The number of rotatable bonds is 4. The molecule has 0 aliphatic rings. The molecule has 0 spiro atoms. The minimum absolute atomic E-state index is 0.152. The number of aliphatic hydroxyl groups is 1. The molecule has 0 heterocycles. The largest absolute Gasteiger partial charge is 0.396 e. The van der Waals surface area contributed by atoms with Gasteiger partial charge in [-0.15, -0.1) is 0 Å². The predicted molar refractivity (Wildman–Crippen MR) is 68.4 cm³/mol. The minimum Gasteiger partial charge on any atom is -0.396 e. The summed E-state index contributed by atoms with van der Waals surface area (Å²) in [5.41, 5.74) is 9.65. The molecule has 0 bridgehead atoms. The van der Waals surface area contributed by atoms with E-state index in [0.717, 1.165) is 12.8 Å². The standard InChI is InChI=1S/C14H23NO/c1-14(2,3)13-8-11(5-4-6-16)7-12(9-13)10-15/h7-9,16H,4-6,10,15H2,1-3H3. The molecule has 3 N–H and O–H groups in total. The Morgan fingerprint density at radius 3 is 2.25 bits per heavy atom. The number of benzene rings is 1. The van der Waals surface area contributed by atoms with Crippen LogP contribution in [-0.4, -0.2) is 11.7 Å². The molecule has 0 aliphatic heterocycles. The lowest BCUT2D eigenvalue weighted by Crippen LogP contribution is -2.13. The van der Waals surface area contributed by atoms with Gasteiger partial charge in [-0.05, 0) is 34.9 Å². The molecule has 1 aromatic rings. The van der Waals surface area contributed by atoms with E-state index in [1.807, 2.05) is 0 Å². The number of hydrogen-bond donors (Lipinski definition) is 2. The van der Waals surface area contributed by atoms with Gasteiger partial charge >= 0.3 is 0 Å². The van der Waals surface area contributed by atoms with E-state index in [1.165, 1.54) is 16.7 Å². The maximum atomic E-state index is 8.86. The van der Waals surface area contributed by atoms with E-state index >= 15 is 0 Å². The predicted octanol–water partition coefficient (Wildman–Crippen LogP) is 2.37. The van der Waals surface area contributed by atoms with Crippen molar-refractivity contribution in [2.45, 2.75) is 45.6 Å². The second-order valence-corrected chi connectivity index (χ2v) is 5.32. The molecular formula is C14H23NO. The highest BCUT2D eigenvalue weighted by Crippen LogP contribution is 2.25. The van der Waals surface area contributed by atoms with Crippen molar-refractivity contribution in [2.75, 3.05) is 6.61 Å². The van der Waals surface area contributed by atoms with Crippen molar-refractivity contribution in [1.82, 2.24) is 0 Å². The Kier molecular flexibility index (Phi) is 4.51. The van der Waals surface area contributed by atoms with E-state index in [4.69, 9.17) is 10.8 Å². The van der Waals surface area contributed by atoms with Crippen LogP contribution in [-0.2, 0) is 18.4 Å². The third-order valence-corrected chi connectivity index (χ3v) is 2.78. The van der Waals surface area contributed by atoms with Crippen molar-refractivity contribution in [2.24, 2.45) is 5.73 Å². The van der Waals surface area contributed by atoms with Crippen molar-refractivity contribution < 1.29 is 5.11 Å². The summed E-state index contributed by atoms with van der Waals surface area (Å²) in [4.78, 5) is 0. The van der Waals surface area contributed by atoms with Gasteiger partial charge in [0.1, 0.15) is 0 Å². The third kappa shape index (κ3) is 3.62. The van der Waals surface area contributed by atoms with Crippen LogP contribution < -0.4 is 5.73 Å². The zero-order chi connectivity index (χ0) is 12.2. The lowest BCUT2D eigenvalue weighted by molar-refractivity contribution is 0.288. The van der Waals surface area contributed by atoms with Crippen LogP contribution >= 0.6 is 0 Å². The summed E-state index contributed by atoms with van der Waals surface area (Å²) in [6, 6.07) is 6.56. The fourth-order valence-electron chi connectivity index (χ4n) is 1.74. The van der Waals surface area contributed by atoms with Crippen LogP contribution in [0.25, 0.3) is 0 Å². The molecule has 0 saturated heterocycles. The second kappa shape index (κ2) is 5.46. The number of nitrogens with two attached hydrogens (primary N) is 1. The fraction of sp³-hybridized carbons (Fsp3) is 0.571. The van der Waals surface area contributed by atoms with Gasteiger partial charge in [0.05, 0.1) is 0 Å². The Morgan fingerprint density at radius 1 is 1.12 bits per heavy atom. The van der Waals surface area contributed by atoms with Crippen LogP contribution in [0.5, 0.6) is 0 Å². The van der Waals surface area contributed by atoms with Crippen LogP contribution in [0.1, 0.15) is 43.9 Å². The molecule has 2 nitrogen and oxygen atoms in total. The SMILES string of the molecule is CC(C)(C)c1cc(CN)cc(CCCO)c1. The molecule has 2 heteroatoms. The van der Waals surface area contributed by atoms with Crippen LogP contribution in [0.3, 0.4) is 0 Å². The van der Waals surface area contributed by atoms with Gasteiger partial charge in [0.25, 0.3) is 0 Å². The van der Waals surface area contributed by atoms with Crippen LogP contribution in [0.2, 0.25) is 0 Å². The summed E-state index contributed by atoms with van der Waals surface area (Å²) in [6.45, 7) is 7.45. The first-order valence-electron chi connectivity index (χ1n) is 5.91. The highest BCUT2D eigenvalue weighted by Gasteiger charge is 2.14. The Bertz CT molecular complexity index is 339. The molecule has 0 saturated carbocycles. The number of aryl methyl sites for hydroxylation is 1. The summed E-state index contributed by atoms with van der Waals surface area (Å²) in [7, 11) is 0. The molecule has 0 amide bonds. The van der Waals surface area contributed by atoms with Crippen molar-refractivity contribution in [3.63, 3.8) is 0 Å². The maximum absolute atomic E-state index is 8.86. The average Bonchev–Trinajstić information content (AvgIpc) is 2.24. The Balaban J connectivity index is 3.01. The van der Waals surface area contributed by atoms with Crippen molar-refractivity contribution >= 4 is 0 Å². The number of aliphatic hydroxyl groups excluding tert-OH is 1. The van der Waals surface area contributed by atoms with Gasteiger partial charge in [-0.1, -0.05) is 39.0 Å². The van der Waals surface area contributed by atoms with Crippen molar-refractivity contribution in [1.29, 1.82) is 0 Å². The van der Waals surface area contributed by atoms with E-state index in [9.17, 15) is 0 Å². The first-order chi connectivity index (χ1) is 7.47. The average molecular weight is 221 g/mol. The Labute approximate surface area is 98.5 Å². The highest BCUT2D eigenvalue weighted by atomic mass is 16.2. The van der Waals surface area contributed by atoms with E-state index in [1.54, 1.807) is 0 Å². The molecule has 16 heavy (non-hydrogen) atoms. The van der Waals surface area contributed by atoms with Gasteiger partial charge in [-0.3, -0.25) is 0 Å². The summed E-state index contributed by atoms with van der Waals surface area (Å²) in [5.74, 6) is 0. The monoisotopic (exact) mass is 221 g/mol. The zero-order valence-electron chi connectivity index (χ0n) is 10.6. The van der Waals surface area contributed by atoms with E-state index in [0.29, 0.717) is 6.54 Å². The first-order valence-corrected chi connectivity index (χ1v) is 5.91. The summed E-state index contributed by atoms with van der Waals surface area (Å²) >= 11 is 0.